The second-order valence-electron chi connectivity index (χ2n) is 4.16. The van der Waals surface area contributed by atoms with Crippen LogP contribution in [-0.4, -0.2) is 51.5 Å². The van der Waals surface area contributed by atoms with Crippen molar-refractivity contribution >= 4 is 23.2 Å². The molecule has 0 aliphatic rings. The third kappa shape index (κ3) is 3.64. The van der Waals surface area contributed by atoms with Gasteiger partial charge in [0.2, 0.25) is 0 Å². The molecular formula is C11H13ClN2O6. The van der Waals surface area contributed by atoms with Crippen molar-refractivity contribution in [2.75, 3.05) is 19.8 Å². The largest absolute Gasteiger partial charge is 0.394 e. The van der Waals surface area contributed by atoms with E-state index in [1.807, 2.05) is 0 Å². The van der Waals surface area contributed by atoms with Crippen molar-refractivity contribution in [3.05, 3.63) is 38.9 Å². The molecule has 0 radical (unpaired) electrons. The highest BCUT2D eigenvalue weighted by Crippen LogP contribution is 2.21. The molecule has 0 saturated carbocycles. The molecule has 0 heterocycles. The van der Waals surface area contributed by atoms with Crippen LogP contribution in [0.25, 0.3) is 0 Å². The van der Waals surface area contributed by atoms with E-state index in [4.69, 9.17) is 26.9 Å². The lowest BCUT2D eigenvalue weighted by Gasteiger charge is -2.28. The van der Waals surface area contributed by atoms with Crippen LogP contribution in [0.4, 0.5) is 5.69 Å². The van der Waals surface area contributed by atoms with Crippen molar-refractivity contribution in [1.82, 2.24) is 5.32 Å². The van der Waals surface area contributed by atoms with Crippen LogP contribution in [-0.2, 0) is 0 Å². The molecule has 0 aliphatic carbocycles. The summed E-state index contributed by atoms with van der Waals surface area (Å²) < 4.78 is 0. The van der Waals surface area contributed by atoms with Crippen molar-refractivity contribution < 1.29 is 25.0 Å². The van der Waals surface area contributed by atoms with Gasteiger partial charge in [0.25, 0.3) is 11.6 Å². The summed E-state index contributed by atoms with van der Waals surface area (Å²) >= 11 is 5.68. The third-order valence-electron chi connectivity index (χ3n) is 2.64. The minimum atomic E-state index is -1.62. The Morgan fingerprint density at radius 1 is 1.25 bits per heavy atom. The number of aliphatic hydroxyl groups is 3. The molecule has 0 bridgehead atoms. The fourth-order valence-corrected chi connectivity index (χ4v) is 1.62. The molecule has 9 heteroatoms. The van der Waals surface area contributed by atoms with Crippen LogP contribution in [0, 0.1) is 10.1 Å². The zero-order valence-electron chi connectivity index (χ0n) is 10.2. The summed E-state index contributed by atoms with van der Waals surface area (Å²) in [7, 11) is 0. The Hall–Kier alpha value is -1.74. The fraction of sp³-hybridized carbons (Fsp3) is 0.364. The number of halogens is 1. The van der Waals surface area contributed by atoms with Gasteiger partial charge in [0.15, 0.2) is 0 Å². The molecular weight excluding hydrogens is 292 g/mol. The van der Waals surface area contributed by atoms with E-state index >= 15 is 0 Å². The number of rotatable bonds is 6. The number of hydrogen-bond donors (Lipinski definition) is 4. The van der Waals surface area contributed by atoms with Gasteiger partial charge in [-0.05, 0) is 6.07 Å². The summed E-state index contributed by atoms with van der Waals surface area (Å²) in [6, 6.07) is 3.27. The smallest absolute Gasteiger partial charge is 0.271 e. The standard InChI is InChI=1S/C11H13ClN2O6/c12-8-1-7(2-9(3-8)14(19)20)10(18)13-11(4-15,5-16)6-17/h1-3,15-17H,4-6H2,(H,13,18). The number of nitro groups is 1. The van der Waals surface area contributed by atoms with Gasteiger partial charge >= 0.3 is 0 Å². The van der Waals surface area contributed by atoms with E-state index in [0.29, 0.717) is 0 Å². The Kier molecular flexibility index (Phi) is 5.40. The summed E-state index contributed by atoms with van der Waals surface area (Å²) in [5.41, 5.74) is -2.11. The van der Waals surface area contributed by atoms with Crippen LogP contribution < -0.4 is 5.32 Å². The normalized spacial score (nSPS) is 11.2. The molecule has 1 amide bonds. The van der Waals surface area contributed by atoms with Gasteiger partial charge in [0.1, 0.15) is 5.54 Å². The first kappa shape index (κ1) is 16.3. The number of amides is 1. The molecule has 1 rings (SSSR count). The Morgan fingerprint density at radius 3 is 2.25 bits per heavy atom. The molecule has 0 saturated heterocycles. The molecule has 0 aromatic heterocycles. The van der Waals surface area contributed by atoms with Crippen LogP contribution in [0.1, 0.15) is 10.4 Å². The maximum absolute atomic E-state index is 11.9. The number of benzene rings is 1. The summed E-state index contributed by atoms with van der Waals surface area (Å²) in [6.45, 7) is -2.10. The SMILES string of the molecule is O=C(NC(CO)(CO)CO)c1cc(Cl)cc([N+](=O)[O-])c1. The molecule has 1 aromatic carbocycles. The molecule has 1 aromatic rings. The van der Waals surface area contributed by atoms with Crippen molar-refractivity contribution in [3.8, 4) is 0 Å². The van der Waals surface area contributed by atoms with Crippen LogP contribution >= 0.6 is 11.6 Å². The summed E-state index contributed by atoms with van der Waals surface area (Å²) in [5.74, 6) is -0.812. The van der Waals surface area contributed by atoms with Gasteiger partial charge in [-0.25, -0.2) is 0 Å². The minimum absolute atomic E-state index is 0.00746. The molecule has 8 nitrogen and oxygen atoms in total. The van der Waals surface area contributed by atoms with Gasteiger partial charge < -0.3 is 20.6 Å². The molecule has 0 fully saturated rings. The lowest BCUT2D eigenvalue weighted by Crippen LogP contribution is -2.57. The minimum Gasteiger partial charge on any atom is -0.394 e. The number of non-ortho nitro benzene ring substituents is 1. The zero-order chi connectivity index (χ0) is 15.3. The lowest BCUT2D eigenvalue weighted by molar-refractivity contribution is -0.384. The topological polar surface area (TPSA) is 133 Å². The Balaban J connectivity index is 3.06. The van der Waals surface area contributed by atoms with E-state index in [9.17, 15) is 14.9 Å². The average molecular weight is 305 g/mol. The lowest BCUT2D eigenvalue weighted by atomic mass is 10.0. The third-order valence-corrected chi connectivity index (χ3v) is 2.86. The predicted molar refractivity (Wildman–Crippen MR) is 69.6 cm³/mol. The number of carbonyl (C=O) groups is 1. The van der Waals surface area contributed by atoms with Gasteiger partial charge in [-0.15, -0.1) is 0 Å². The second kappa shape index (κ2) is 6.62. The monoisotopic (exact) mass is 304 g/mol. The van der Waals surface area contributed by atoms with E-state index in [2.05, 4.69) is 5.32 Å². The zero-order valence-corrected chi connectivity index (χ0v) is 11.0. The highest BCUT2D eigenvalue weighted by atomic mass is 35.5. The first-order valence-corrected chi connectivity index (χ1v) is 5.85. The van der Waals surface area contributed by atoms with Crippen molar-refractivity contribution in [1.29, 1.82) is 0 Å². The number of nitrogens with zero attached hydrogens (tertiary/aromatic N) is 1. The number of hydrogen-bond acceptors (Lipinski definition) is 6. The van der Waals surface area contributed by atoms with E-state index in [1.54, 1.807) is 0 Å². The molecule has 110 valence electrons. The van der Waals surface area contributed by atoms with Crippen LogP contribution in [0.5, 0.6) is 0 Å². The molecule has 0 atom stereocenters. The maximum atomic E-state index is 11.9. The van der Waals surface area contributed by atoms with Crippen molar-refractivity contribution in [2.45, 2.75) is 5.54 Å². The van der Waals surface area contributed by atoms with Crippen molar-refractivity contribution in [3.63, 3.8) is 0 Å². The fourth-order valence-electron chi connectivity index (χ4n) is 1.39. The first-order valence-electron chi connectivity index (χ1n) is 5.47. The van der Waals surface area contributed by atoms with E-state index in [0.717, 1.165) is 12.1 Å². The number of nitrogens with one attached hydrogen (secondary N) is 1. The highest BCUT2D eigenvalue weighted by molar-refractivity contribution is 6.31. The summed E-state index contributed by atoms with van der Waals surface area (Å²) in [5, 5.41) is 40.2. The van der Waals surface area contributed by atoms with E-state index in [-0.39, 0.29) is 16.3 Å². The van der Waals surface area contributed by atoms with Gasteiger partial charge in [-0.2, -0.15) is 0 Å². The second-order valence-corrected chi connectivity index (χ2v) is 4.60. The molecule has 0 unspecified atom stereocenters. The van der Waals surface area contributed by atoms with Gasteiger partial charge in [0, 0.05) is 22.7 Å². The van der Waals surface area contributed by atoms with Gasteiger partial charge in [-0.1, -0.05) is 11.6 Å². The van der Waals surface area contributed by atoms with Gasteiger partial charge in [0.05, 0.1) is 24.7 Å². The van der Waals surface area contributed by atoms with Crippen LogP contribution in [0.15, 0.2) is 18.2 Å². The number of carbonyl (C=O) groups excluding carboxylic acids is 1. The predicted octanol–water partition coefficient (Wildman–Crippen LogP) is -0.306. The maximum Gasteiger partial charge on any atom is 0.271 e. The average Bonchev–Trinajstić information content (AvgIpc) is 2.44. The molecule has 0 aliphatic heterocycles. The highest BCUT2D eigenvalue weighted by Gasteiger charge is 2.30. The Bertz CT molecular complexity index is 509. The first-order chi connectivity index (χ1) is 9.37. The molecule has 4 N–H and O–H groups in total. The Morgan fingerprint density at radius 2 is 1.80 bits per heavy atom. The number of nitro benzene ring substituents is 1. The van der Waals surface area contributed by atoms with Crippen LogP contribution in [0.2, 0.25) is 5.02 Å². The van der Waals surface area contributed by atoms with Crippen LogP contribution in [0.3, 0.4) is 0 Å². The molecule has 20 heavy (non-hydrogen) atoms. The molecule has 0 spiro atoms. The quantitative estimate of drug-likeness (QED) is 0.421. The van der Waals surface area contributed by atoms with Gasteiger partial charge in [-0.3, -0.25) is 14.9 Å². The van der Waals surface area contributed by atoms with E-state index in [1.165, 1.54) is 6.07 Å². The van der Waals surface area contributed by atoms with Crippen molar-refractivity contribution in [2.24, 2.45) is 0 Å². The summed E-state index contributed by atoms with van der Waals surface area (Å²) in [4.78, 5) is 21.9. The number of aliphatic hydroxyl groups excluding tert-OH is 3. The summed E-state index contributed by atoms with van der Waals surface area (Å²) in [6.07, 6.45) is 0. The Labute approximate surface area is 118 Å². The van der Waals surface area contributed by atoms with E-state index < -0.39 is 36.2 Å².